The first-order chi connectivity index (χ1) is 7.74. The van der Waals surface area contributed by atoms with E-state index in [4.69, 9.17) is 0 Å². The molecule has 1 aliphatic rings. The van der Waals surface area contributed by atoms with Crippen molar-refractivity contribution in [3.8, 4) is 0 Å². The number of piperazine rings is 1. The van der Waals surface area contributed by atoms with Crippen LogP contribution in [-0.4, -0.2) is 49.4 Å². The molecule has 5 heteroatoms. The lowest BCUT2D eigenvalue weighted by molar-refractivity contribution is 0.159. The van der Waals surface area contributed by atoms with E-state index in [9.17, 15) is 0 Å². The molecule has 1 fully saturated rings. The van der Waals surface area contributed by atoms with Crippen LogP contribution in [0.5, 0.6) is 0 Å². The second-order valence-electron chi connectivity index (χ2n) is 4.05. The number of halogens is 2. The maximum Gasteiger partial charge on any atom is 0.0542 e. The van der Waals surface area contributed by atoms with Crippen LogP contribution in [0.1, 0.15) is 5.56 Å². The number of likely N-dealkylation sites (N-methyl/N-ethyl adjacent to an activating group) is 1. The fraction of sp³-hybridized carbons (Fsp3) is 0.417. The molecule has 3 nitrogen and oxygen atoms in total. The summed E-state index contributed by atoms with van der Waals surface area (Å²) in [7, 11) is 2.15. The van der Waals surface area contributed by atoms with Gasteiger partial charge in [0.15, 0.2) is 0 Å². The van der Waals surface area contributed by atoms with E-state index in [1.54, 1.807) is 0 Å². The average Bonchev–Trinajstić information content (AvgIpc) is 2.30. The Morgan fingerprint density at radius 1 is 1.12 bits per heavy atom. The van der Waals surface area contributed by atoms with Crippen LogP contribution >= 0.6 is 28.3 Å². The summed E-state index contributed by atoms with van der Waals surface area (Å²) in [5.41, 5.74) is 1.14. The van der Waals surface area contributed by atoms with Gasteiger partial charge in [0.25, 0.3) is 0 Å². The van der Waals surface area contributed by atoms with Gasteiger partial charge < -0.3 is 4.90 Å². The zero-order valence-electron chi connectivity index (χ0n) is 9.84. The maximum absolute atomic E-state index is 4.48. The summed E-state index contributed by atoms with van der Waals surface area (Å²) < 4.78 is 1.10. The van der Waals surface area contributed by atoms with Crippen molar-refractivity contribution in [3.63, 3.8) is 0 Å². The van der Waals surface area contributed by atoms with Crippen molar-refractivity contribution in [3.05, 3.63) is 34.3 Å². The Labute approximate surface area is 117 Å². The van der Waals surface area contributed by atoms with Gasteiger partial charge in [-0.25, -0.2) is 0 Å². The molecule has 1 aromatic carbocycles. The molecular weight excluding hydrogens is 302 g/mol. The minimum Gasteiger partial charge on any atom is -0.303 e. The van der Waals surface area contributed by atoms with E-state index >= 15 is 0 Å². The summed E-state index contributed by atoms with van der Waals surface area (Å²) in [6, 6.07) is 8.18. The Bertz CT molecular complexity index is 359. The zero-order chi connectivity index (χ0) is 11.4. The fourth-order valence-electron chi connectivity index (χ4n) is 1.61. The molecule has 0 N–H and O–H groups in total. The summed E-state index contributed by atoms with van der Waals surface area (Å²) in [6.45, 7) is 4.22. The first-order valence-corrected chi connectivity index (χ1v) is 6.26. The molecule has 0 aliphatic carbocycles. The molecule has 1 aromatic rings. The van der Waals surface area contributed by atoms with Crippen molar-refractivity contribution in [1.82, 2.24) is 9.91 Å². The lowest BCUT2D eigenvalue weighted by Gasteiger charge is -2.30. The number of hydrazone groups is 1. The van der Waals surface area contributed by atoms with Gasteiger partial charge in [0, 0.05) is 30.7 Å². The Balaban J connectivity index is 0.00000144. The molecule has 2 rings (SSSR count). The molecule has 94 valence electrons. The second kappa shape index (κ2) is 6.99. The van der Waals surface area contributed by atoms with Gasteiger partial charge in [-0.3, -0.25) is 5.01 Å². The Hall–Kier alpha value is -0.580. The van der Waals surface area contributed by atoms with Gasteiger partial charge in [-0.1, -0.05) is 28.1 Å². The molecule has 17 heavy (non-hydrogen) atoms. The van der Waals surface area contributed by atoms with Crippen LogP contribution in [0.3, 0.4) is 0 Å². The Morgan fingerprint density at radius 2 is 1.71 bits per heavy atom. The summed E-state index contributed by atoms with van der Waals surface area (Å²) in [6.07, 6.45) is 1.93. The van der Waals surface area contributed by atoms with Crippen LogP contribution in [0, 0.1) is 0 Å². The average molecular weight is 319 g/mol. The van der Waals surface area contributed by atoms with Crippen LogP contribution in [0.2, 0.25) is 0 Å². The minimum absolute atomic E-state index is 0. The van der Waals surface area contributed by atoms with Crippen molar-refractivity contribution in [2.75, 3.05) is 33.2 Å². The lowest BCUT2D eigenvalue weighted by atomic mass is 10.2. The highest BCUT2D eigenvalue weighted by Gasteiger charge is 2.10. The number of hydrogen-bond acceptors (Lipinski definition) is 3. The highest BCUT2D eigenvalue weighted by Crippen LogP contribution is 2.09. The number of nitrogens with zero attached hydrogens (tertiary/aromatic N) is 3. The monoisotopic (exact) mass is 317 g/mol. The van der Waals surface area contributed by atoms with Crippen LogP contribution in [-0.2, 0) is 0 Å². The molecule has 0 saturated carbocycles. The van der Waals surface area contributed by atoms with Gasteiger partial charge in [-0.15, -0.1) is 12.4 Å². The van der Waals surface area contributed by atoms with Gasteiger partial charge in [-0.2, -0.15) is 5.10 Å². The number of benzene rings is 1. The fourth-order valence-corrected chi connectivity index (χ4v) is 1.87. The van der Waals surface area contributed by atoms with Crippen molar-refractivity contribution >= 4 is 34.6 Å². The number of hydrogen-bond donors (Lipinski definition) is 0. The van der Waals surface area contributed by atoms with Crippen LogP contribution in [0.4, 0.5) is 0 Å². The van der Waals surface area contributed by atoms with E-state index in [2.05, 4.69) is 50.1 Å². The molecule has 0 unspecified atom stereocenters. The highest BCUT2D eigenvalue weighted by molar-refractivity contribution is 9.10. The molecule has 1 heterocycles. The molecule has 0 aromatic heterocycles. The molecular formula is C12H17BrClN3. The molecule has 1 saturated heterocycles. The topological polar surface area (TPSA) is 18.8 Å². The van der Waals surface area contributed by atoms with E-state index in [0.717, 1.165) is 36.2 Å². The lowest BCUT2D eigenvalue weighted by Crippen LogP contribution is -2.41. The van der Waals surface area contributed by atoms with Gasteiger partial charge in [0.05, 0.1) is 6.21 Å². The predicted molar refractivity (Wildman–Crippen MR) is 78.1 cm³/mol. The van der Waals surface area contributed by atoms with Gasteiger partial charge in [-0.05, 0) is 24.7 Å². The smallest absolute Gasteiger partial charge is 0.0542 e. The molecule has 0 atom stereocenters. The molecule has 0 amide bonds. The number of rotatable bonds is 2. The third-order valence-corrected chi connectivity index (χ3v) is 3.25. The van der Waals surface area contributed by atoms with Crippen LogP contribution in [0.25, 0.3) is 0 Å². The maximum atomic E-state index is 4.48. The zero-order valence-corrected chi connectivity index (χ0v) is 12.2. The largest absolute Gasteiger partial charge is 0.303 e. The van der Waals surface area contributed by atoms with E-state index in [-0.39, 0.29) is 12.4 Å². The van der Waals surface area contributed by atoms with E-state index in [0.29, 0.717) is 0 Å². The first kappa shape index (κ1) is 14.5. The predicted octanol–water partition coefficient (Wildman–Crippen LogP) is 2.45. The van der Waals surface area contributed by atoms with Crippen LogP contribution in [0.15, 0.2) is 33.8 Å². The normalized spacial score (nSPS) is 17.2. The molecule has 0 bridgehead atoms. The summed E-state index contributed by atoms with van der Waals surface area (Å²) in [5.74, 6) is 0. The third-order valence-electron chi connectivity index (χ3n) is 2.72. The summed E-state index contributed by atoms with van der Waals surface area (Å²) in [4.78, 5) is 2.33. The quantitative estimate of drug-likeness (QED) is 0.780. The van der Waals surface area contributed by atoms with Gasteiger partial charge in [0.2, 0.25) is 0 Å². The molecule has 1 aliphatic heterocycles. The van der Waals surface area contributed by atoms with Crippen LogP contribution < -0.4 is 0 Å². The minimum atomic E-state index is 0. The summed E-state index contributed by atoms with van der Waals surface area (Å²) in [5, 5.41) is 6.61. The van der Waals surface area contributed by atoms with Crippen molar-refractivity contribution in [2.45, 2.75) is 0 Å². The highest BCUT2D eigenvalue weighted by atomic mass is 79.9. The molecule has 0 spiro atoms. The molecule has 0 radical (unpaired) electrons. The third kappa shape index (κ3) is 4.66. The second-order valence-corrected chi connectivity index (χ2v) is 4.97. The van der Waals surface area contributed by atoms with Gasteiger partial charge >= 0.3 is 0 Å². The Kier molecular flexibility index (Phi) is 5.95. The first-order valence-electron chi connectivity index (χ1n) is 5.47. The van der Waals surface area contributed by atoms with E-state index < -0.39 is 0 Å². The standard InChI is InChI=1S/C12H16BrN3.ClH/c1-15-6-8-16(9-7-15)14-10-11-2-4-12(13)5-3-11;/h2-5,10H,6-9H2,1H3;1H/b14-10+;. The SMILES string of the molecule is CN1CCN(/N=C/c2ccc(Br)cc2)CC1.Cl. The van der Waals surface area contributed by atoms with E-state index in [1.807, 2.05) is 18.3 Å². The summed E-state index contributed by atoms with van der Waals surface area (Å²) >= 11 is 3.42. The van der Waals surface area contributed by atoms with Gasteiger partial charge in [0.1, 0.15) is 0 Å². The van der Waals surface area contributed by atoms with Crippen molar-refractivity contribution in [2.24, 2.45) is 5.10 Å². The van der Waals surface area contributed by atoms with Crippen molar-refractivity contribution < 1.29 is 0 Å². The van der Waals surface area contributed by atoms with E-state index in [1.165, 1.54) is 0 Å². The van der Waals surface area contributed by atoms with Crippen molar-refractivity contribution in [1.29, 1.82) is 0 Å². The Morgan fingerprint density at radius 3 is 2.29 bits per heavy atom.